The van der Waals surface area contributed by atoms with Gasteiger partial charge in [0.25, 0.3) is 0 Å². The zero-order valence-corrected chi connectivity index (χ0v) is 10.0. The lowest BCUT2D eigenvalue weighted by molar-refractivity contribution is 0.225. The molecule has 2 aromatic carbocycles. The second-order valence-electron chi connectivity index (χ2n) is 4.63. The minimum atomic E-state index is -0.485. The third-order valence-corrected chi connectivity index (χ3v) is 3.38. The summed E-state index contributed by atoms with van der Waals surface area (Å²) in [6.45, 7) is 0. The molecule has 0 heterocycles. The lowest BCUT2D eigenvalue weighted by Gasteiger charge is -2.17. The minimum absolute atomic E-state index is 0.485. The van der Waals surface area contributed by atoms with Gasteiger partial charge < -0.3 is 10.0 Å². The van der Waals surface area contributed by atoms with Crippen molar-refractivity contribution >= 4 is 5.69 Å². The van der Waals surface area contributed by atoms with Gasteiger partial charge in [-0.1, -0.05) is 36.4 Å². The Labute approximate surface area is 101 Å². The number of hydrogen-bond acceptors (Lipinski definition) is 2. The van der Waals surface area contributed by atoms with Crippen molar-refractivity contribution in [2.24, 2.45) is 0 Å². The van der Waals surface area contributed by atoms with E-state index in [2.05, 4.69) is 17.0 Å². The molecule has 0 spiro atoms. The highest BCUT2D eigenvalue weighted by molar-refractivity contribution is 5.88. The Morgan fingerprint density at radius 2 is 1.65 bits per heavy atom. The predicted octanol–water partition coefficient (Wildman–Crippen LogP) is 2.81. The third-order valence-electron chi connectivity index (χ3n) is 3.38. The molecule has 1 aliphatic rings. The van der Waals surface area contributed by atoms with Crippen LogP contribution in [0.5, 0.6) is 0 Å². The van der Waals surface area contributed by atoms with E-state index >= 15 is 0 Å². The Kier molecular flexibility index (Phi) is 2.20. The zero-order chi connectivity index (χ0) is 12.0. The van der Waals surface area contributed by atoms with Crippen LogP contribution in [0.4, 0.5) is 5.69 Å². The molecule has 1 aliphatic carbocycles. The first-order valence-corrected chi connectivity index (χ1v) is 5.77. The monoisotopic (exact) mass is 225 g/mol. The average Bonchev–Trinajstić information content (AvgIpc) is 2.64. The highest BCUT2D eigenvalue weighted by atomic mass is 16.3. The maximum Gasteiger partial charge on any atom is 0.105 e. The second-order valence-corrected chi connectivity index (χ2v) is 4.63. The van der Waals surface area contributed by atoms with Gasteiger partial charge in [-0.15, -0.1) is 0 Å². The van der Waals surface area contributed by atoms with Crippen LogP contribution in [0.1, 0.15) is 17.2 Å². The summed E-state index contributed by atoms with van der Waals surface area (Å²) in [6.07, 6.45) is -0.485. The SMILES string of the molecule is CN(C)c1cccc2c1-c1ccccc1C2O. The quantitative estimate of drug-likeness (QED) is 0.806. The number of nitrogens with zero attached hydrogens (tertiary/aromatic N) is 1. The normalized spacial score (nSPS) is 16.5. The molecule has 0 aromatic heterocycles. The van der Waals surface area contributed by atoms with Gasteiger partial charge in [0.1, 0.15) is 6.10 Å². The van der Waals surface area contributed by atoms with Crippen LogP contribution in [0.25, 0.3) is 11.1 Å². The molecule has 17 heavy (non-hydrogen) atoms. The molecular weight excluding hydrogens is 210 g/mol. The van der Waals surface area contributed by atoms with Gasteiger partial charge in [-0.25, -0.2) is 0 Å². The summed E-state index contributed by atoms with van der Waals surface area (Å²) < 4.78 is 0. The van der Waals surface area contributed by atoms with E-state index in [0.717, 1.165) is 22.4 Å². The van der Waals surface area contributed by atoms with E-state index in [1.807, 2.05) is 44.4 Å². The number of rotatable bonds is 1. The van der Waals surface area contributed by atoms with Crippen molar-refractivity contribution < 1.29 is 5.11 Å². The summed E-state index contributed by atoms with van der Waals surface area (Å²) in [5, 5.41) is 10.3. The second kappa shape index (κ2) is 3.60. The molecule has 2 aromatic rings. The van der Waals surface area contributed by atoms with Crippen LogP contribution in [0.3, 0.4) is 0 Å². The highest BCUT2D eigenvalue weighted by Crippen LogP contribution is 2.47. The third kappa shape index (κ3) is 1.38. The number of anilines is 1. The van der Waals surface area contributed by atoms with Gasteiger partial charge in [-0.2, -0.15) is 0 Å². The molecule has 0 saturated heterocycles. The highest BCUT2D eigenvalue weighted by Gasteiger charge is 2.28. The summed E-state index contributed by atoms with van der Waals surface area (Å²) in [5.41, 5.74) is 5.50. The van der Waals surface area contributed by atoms with Crippen LogP contribution in [0.15, 0.2) is 42.5 Å². The van der Waals surface area contributed by atoms with Crippen LogP contribution in [-0.2, 0) is 0 Å². The smallest absolute Gasteiger partial charge is 0.105 e. The van der Waals surface area contributed by atoms with Crippen molar-refractivity contribution in [2.45, 2.75) is 6.10 Å². The standard InChI is InChI=1S/C15H15NO/c1-16(2)13-9-5-8-12-14(13)10-6-3-4-7-11(10)15(12)17/h3-9,15,17H,1-2H3. The van der Waals surface area contributed by atoms with Crippen molar-refractivity contribution in [3.05, 3.63) is 53.6 Å². The molecule has 3 rings (SSSR count). The number of benzene rings is 2. The lowest BCUT2D eigenvalue weighted by Crippen LogP contribution is -2.10. The largest absolute Gasteiger partial charge is 0.384 e. The van der Waals surface area contributed by atoms with E-state index in [1.54, 1.807) is 0 Å². The van der Waals surface area contributed by atoms with Gasteiger partial charge in [0, 0.05) is 25.3 Å². The fourth-order valence-electron chi connectivity index (χ4n) is 2.58. The van der Waals surface area contributed by atoms with E-state index in [0.29, 0.717) is 0 Å². The summed E-state index contributed by atoms with van der Waals surface area (Å²) in [7, 11) is 4.06. The van der Waals surface area contributed by atoms with Crippen LogP contribution in [0, 0.1) is 0 Å². The minimum Gasteiger partial charge on any atom is -0.384 e. The van der Waals surface area contributed by atoms with E-state index in [1.165, 1.54) is 5.56 Å². The Morgan fingerprint density at radius 3 is 2.41 bits per heavy atom. The van der Waals surface area contributed by atoms with Crippen molar-refractivity contribution in [1.82, 2.24) is 0 Å². The Balaban J connectivity index is 2.34. The van der Waals surface area contributed by atoms with E-state index in [4.69, 9.17) is 0 Å². The molecule has 0 radical (unpaired) electrons. The summed E-state index contributed by atoms with van der Waals surface area (Å²) in [5.74, 6) is 0. The van der Waals surface area contributed by atoms with E-state index in [-0.39, 0.29) is 0 Å². The van der Waals surface area contributed by atoms with Crippen LogP contribution >= 0.6 is 0 Å². The van der Waals surface area contributed by atoms with E-state index in [9.17, 15) is 5.11 Å². The Bertz CT molecular complexity index is 575. The van der Waals surface area contributed by atoms with Crippen molar-refractivity contribution in [3.63, 3.8) is 0 Å². The lowest BCUT2D eigenvalue weighted by atomic mass is 10.0. The van der Waals surface area contributed by atoms with Crippen LogP contribution < -0.4 is 4.90 Å². The van der Waals surface area contributed by atoms with Gasteiger partial charge in [-0.3, -0.25) is 0 Å². The van der Waals surface area contributed by atoms with Gasteiger partial charge >= 0.3 is 0 Å². The average molecular weight is 225 g/mol. The Hall–Kier alpha value is -1.80. The fraction of sp³-hybridized carbons (Fsp3) is 0.200. The number of aliphatic hydroxyl groups is 1. The first-order chi connectivity index (χ1) is 8.20. The van der Waals surface area contributed by atoms with Gasteiger partial charge in [0.2, 0.25) is 0 Å². The number of fused-ring (bicyclic) bond motifs is 3. The fourth-order valence-corrected chi connectivity index (χ4v) is 2.58. The number of hydrogen-bond donors (Lipinski definition) is 1. The first kappa shape index (κ1) is 10.4. The first-order valence-electron chi connectivity index (χ1n) is 5.77. The molecule has 1 atom stereocenters. The molecule has 0 amide bonds. The maximum absolute atomic E-state index is 10.3. The van der Waals surface area contributed by atoms with Crippen molar-refractivity contribution in [2.75, 3.05) is 19.0 Å². The summed E-state index contributed by atoms with van der Waals surface area (Å²) in [4.78, 5) is 2.09. The topological polar surface area (TPSA) is 23.5 Å². The molecule has 2 nitrogen and oxygen atoms in total. The molecule has 0 bridgehead atoms. The molecule has 2 heteroatoms. The maximum atomic E-state index is 10.3. The molecular formula is C15H15NO. The van der Waals surface area contributed by atoms with Gasteiger partial charge in [-0.05, 0) is 22.8 Å². The summed E-state index contributed by atoms with van der Waals surface area (Å²) in [6, 6.07) is 14.2. The molecule has 1 unspecified atom stereocenters. The molecule has 86 valence electrons. The van der Waals surface area contributed by atoms with Crippen molar-refractivity contribution in [1.29, 1.82) is 0 Å². The van der Waals surface area contributed by atoms with Gasteiger partial charge in [0.15, 0.2) is 0 Å². The number of aliphatic hydroxyl groups excluding tert-OH is 1. The molecule has 0 aliphatic heterocycles. The zero-order valence-electron chi connectivity index (χ0n) is 10.0. The molecule has 1 N–H and O–H groups in total. The summed E-state index contributed by atoms with van der Waals surface area (Å²) >= 11 is 0. The predicted molar refractivity (Wildman–Crippen MR) is 70.3 cm³/mol. The Morgan fingerprint density at radius 1 is 0.941 bits per heavy atom. The van der Waals surface area contributed by atoms with Crippen LogP contribution in [0.2, 0.25) is 0 Å². The molecule has 0 fully saturated rings. The van der Waals surface area contributed by atoms with Crippen molar-refractivity contribution in [3.8, 4) is 11.1 Å². The van der Waals surface area contributed by atoms with E-state index < -0.39 is 6.10 Å². The van der Waals surface area contributed by atoms with Gasteiger partial charge in [0.05, 0.1) is 0 Å². The molecule has 0 saturated carbocycles. The van der Waals surface area contributed by atoms with Crippen LogP contribution in [-0.4, -0.2) is 19.2 Å².